The van der Waals surface area contributed by atoms with E-state index in [-0.39, 0.29) is 23.5 Å². The van der Waals surface area contributed by atoms with Gasteiger partial charge in [0, 0.05) is 0 Å². The number of nitrogens with zero attached hydrogens (tertiary/aromatic N) is 1. The van der Waals surface area contributed by atoms with Crippen molar-refractivity contribution in [2.45, 2.75) is 20.3 Å². The van der Waals surface area contributed by atoms with Gasteiger partial charge in [0.15, 0.2) is 5.78 Å². The molecule has 1 aromatic carbocycles. The Morgan fingerprint density at radius 3 is 2.59 bits per heavy atom. The van der Waals surface area contributed by atoms with E-state index in [0.29, 0.717) is 0 Å². The van der Waals surface area contributed by atoms with Crippen molar-refractivity contribution in [2.75, 3.05) is 6.61 Å². The molecule has 1 aromatic rings. The summed E-state index contributed by atoms with van der Waals surface area (Å²) in [6.07, 6.45) is -2.79. The highest BCUT2D eigenvalue weighted by molar-refractivity contribution is 5.97. The first-order valence-corrected chi connectivity index (χ1v) is 5.01. The monoisotopic (exact) mass is 239 g/mol. The highest BCUT2D eigenvalue weighted by Gasteiger charge is 2.21. The topological polar surface area (TPSA) is 50.1 Å². The number of ketones is 1. The second kappa shape index (κ2) is 5.39. The minimum absolute atomic E-state index is 0.0150. The lowest BCUT2D eigenvalue weighted by molar-refractivity contribution is 0.101. The molecule has 90 valence electrons. The van der Waals surface area contributed by atoms with Crippen molar-refractivity contribution in [1.82, 2.24) is 0 Å². The predicted molar refractivity (Wildman–Crippen MR) is 57.3 cm³/mol. The van der Waals surface area contributed by atoms with Gasteiger partial charge >= 0.3 is 0 Å². The number of Topliss-reactive ketones (excluding diaryl/α,β-unsaturated/α-hetero) is 1. The Bertz CT molecular complexity index is 478. The van der Waals surface area contributed by atoms with Gasteiger partial charge in [-0.25, -0.2) is 8.78 Å². The molecule has 0 bridgehead atoms. The van der Waals surface area contributed by atoms with Crippen LogP contribution in [0, 0.1) is 11.3 Å². The molecule has 1 rings (SSSR count). The van der Waals surface area contributed by atoms with E-state index < -0.39 is 17.8 Å². The fourth-order valence-electron chi connectivity index (χ4n) is 1.44. The first-order chi connectivity index (χ1) is 8.01. The maximum Gasteiger partial charge on any atom is 0.267 e. The molecule has 5 heteroatoms. The van der Waals surface area contributed by atoms with Crippen molar-refractivity contribution in [3.63, 3.8) is 0 Å². The average molecular weight is 239 g/mol. The second-order valence-electron chi connectivity index (χ2n) is 3.34. The third-order valence-corrected chi connectivity index (χ3v) is 2.15. The third-order valence-electron chi connectivity index (χ3n) is 2.15. The van der Waals surface area contributed by atoms with Gasteiger partial charge in [0.2, 0.25) is 0 Å². The number of halogens is 2. The molecule has 3 nitrogen and oxygen atoms in total. The van der Waals surface area contributed by atoms with Crippen LogP contribution in [0.5, 0.6) is 5.75 Å². The number of hydrogen-bond acceptors (Lipinski definition) is 3. The van der Waals surface area contributed by atoms with E-state index in [1.54, 1.807) is 13.0 Å². The zero-order chi connectivity index (χ0) is 13.0. The third kappa shape index (κ3) is 2.78. The SMILES string of the molecule is CCOc1c(C(C)=O)cc(C#N)cc1C(F)F. The van der Waals surface area contributed by atoms with Crippen molar-refractivity contribution >= 4 is 5.78 Å². The number of ether oxygens (including phenoxy) is 1. The van der Waals surface area contributed by atoms with E-state index in [9.17, 15) is 13.6 Å². The van der Waals surface area contributed by atoms with Crippen molar-refractivity contribution in [1.29, 1.82) is 5.26 Å². The molecule has 0 N–H and O–H groups in total. The van der Waals surface area contributed by atoms with Gasteiger partial charge < -0.3 is 4.74 Å². The van der Waals surface area contributed by atoms with Gasteiger partial charge in [-0.15, -0.1) is 0 Å². The summed E-state index contributed by atoms with van der Waals surface area (Å²) < 4.78 is 30.7. The van der Waals surface area contributed by atoms with Crippen LogP contribution in [0.15, 0.2) is 12.1 Å². The number of benzene rings is 1. The minimum atomic E-state index is -2.79. The molecular weight excluding hydrogens is 228 g/mol. The summed E-state index contributed by atoms with van der Waals surface area (Å²) in [4.78, 5) is 11.3. The van der Waals surface area contributed by atoms with E-state index in [1.807, 2.05) is 0 Å². The number of hydrogen-bond donors (Lipinski definition) is 0. The number of alkyl halides is 2. The van der Waals surface area contributed by atoms with E-state index in [4.69, 9.17) is 10.00 Å². The molecule has 0 spiro atoms. The van der Waals surface area contributed by atoms with E-state index >= 15 is 0 Å². The number of rotatable bonds is 4. The van der Waals surface area contributed by atoms with E-state index in [1.165, 1.54) is 13.0 Å². The Morgan fingerprint density at radius 1 is 1.53 bits per heavy atom. The Kier molecular flexibility index (Phi) is 4.16. The van der Waals surface area contributed by atoms with Crippen LogP contribution < -0.4 is 4.74 Å². The maximum atomic E-state index is 12.8. The van der Waals surface area contributed by atoms with Crippen LogP contribution in [0.2, 0.25) is 0 Å². The summed E-state index contributed by atoms with van der Waals surface area (Å²) in [5.74, 6) is -0.540. The van der Waals surface area contributed by atoms with Gasteiger partial charge in [0.25, 0.3) is 6.43 Å². The fraction of sp³-hybridized carbons (Fsp3) is 0.333. The second-order valence-corrected chi connectivity index (χ2v) is 3.34. The van der Waals surface area contributed by atoms with Crippen LogP contribution in [0.4, 0.5) is 8.78 Å². The molecular formula is C12H11F2NO2. The predicted octanol–water partition coefficient (Wildman–Crippen LogP) is 3.10. The standard InChI is InChI=1S/C12H11F2NO2/c1-3-17-11-9(7(2)16)4-8(6-15)5-10(11)12(13)14/h4-5,12H,3H2,1-2H3. The normalized spacial score (nSPS) is 10.1. The first kappa shape index (κ1) is 13.1. The zero-order valence-corrected chi connectivity index (χ0v) is 9.46. The van der Waals surface area contributed by atoms with Crippen molar-refractivity contribution in [3.05, 3.63) is 28.8 Å². The Balaban J connectivity index is 3.50. The van der Waals surface area contributed by atoms with Gasteiger partial charge in [-0.05, 0) is 26.0 Å². The van der Waals surface area contributed by atoms with Gasteiger partial charge in [-0.1, -0.05) is 0 Å². The highest BCUT2D eigenvalue weighted by Crippen LogP contribution is 2.33. The lowest BCUT2D eigenvalue weighted by Crippen LogP contribution is -2.05. The lowest BCUT2D eigenvalue weighted by atomic mass is 10.0. The molecule has 0 unspecified atom stereocenters. The van der Waals surface area contributed by atoms with Crippen LogP contribution in [0.25, 0.3) is 0 Å². The molecule has 0 radical (unpaired) electrons. The quantitative estimate of drug-likeness (QED) is 0.758. The summed E-state index contributed by atoms with van der Waals surface area (Å²) in [6.45, 7) is 3.05. The van der Waals surface area contributed by atoms with Crippen molar-refractivity contribution < 1.29 is 18.3 Å². The fourth-order valence-corrected chi connectivity index (χ4v) is 1.44. The minimum Gasteiger partial charge on any atom is -0.493 e. The number of carbonyl (C=O) groups excluding carboxylic acids is 1. The molecule has 0 atom stereocenters. The summed E-state index contributed by atoms with van der Waals surface area (Å²) in [6, 6.07) is 4.05. The molecule has 0 aliphatic rings. The van der Waals surface area contributed by atoms with Gasteiger partial charge in [0.1, 0.15) is 5.75 Å². The first-order valence-electron chi connectivity index (χ1n) is 5.01. The summed E-state index contributed by atoms with van der Waals surface area (Å²) in [5, 5.41) is 8.72. The van der Waals surface area contributed by atoms with Gasteiger partial charge in [0.05, 0.1) is 29.4 Å². The molecule has 17 heavy (non-hydrogen) atoms. The molecule has 0 amide bonds. The number of nitriles is 1. The Labute approximate surface area is 97.6 Å². The van der Waals surface area contributed by atoms with Gasteiger partial charge in [-0.2, -0.15) is 5.26 Å². The highest BCUT2D eigenvalue weighted by atomic mass is 19.3. The molecule has 0 heterocycles. The summed E-state index contributed by atoms with van der Waals surface area (Å²) in [7, 11) is 0. The van der Waals surface area contributed by atoms with E-state index in [0.717, 1.165) is 6.07 Å². The van der Waals surface area contributed by atoms with Crippen molar-refractivity contribution in [3.8, 4) is 11.8 Å². The van der Waals surface area contributed by atoms with Crippen LogP contribution in [-0.2, 0) is 0 Å². The van der Waals surface area contributed by atoms with Crippen molar-refractivity contribution in [2.24, 2.45) is 0 Å². The van der Waals surface area contributed by atoms with E-state index in [2.05, 4.69) is 0 Å². The zero-order valence-electron chi connectivity index (χ0n) is 9.46. The Morgan fingerprint density at radius 2 is 2.18 bits per heavy atom. The molecule has 0 saturated heterocycles. The number of carbonyl (C=O) groups is 1. The summed E-state index contributed by atoms with van der Waals surface area (Å²) >= 11 is 0. The van der Waals surface area contributed by atoms with Crippen LogP contribution in [-0.4, -0.2) is 12.4 Å². The molecule has 0 aliphatic heterocycles. The van der Waals surface area contributed by atoms with Crippen LogP contribution in [0.1, 0.15) is 41.8 Å². The average Bonchev–Trinajstić information content (AvgIpc) is 2.28. The maximum absolute atomic E-state index is 12.8. The largest absolute Gasteiger partial charge is 0.493 e. The van der Waals surface area contributed by atoms with Gasteiger partial charge in [-0.3, -0.25) is 4.79 Å². The smallest absolute Gasteiger partial charge is 0.267 e. The molecule has 0 aliphatic carbocycles. The van der Waals surface area contributed by atoms with Crippen LogP contribution in [0.3, 0.4) is 0 Å². The molecule has 0 saturated carbocycles. The molecule has 0 aromatic heterocycles. The summed E-state index contributed by atoms with van der Waals surface area (Å²) in [5.41, 5.74) is -0.383. The lowest BCUT2D eigenvalue weighted by Gasteiger charge is -2.13. The van der Waals surface area contributed by atoms with Crippen LogP contribution >= 0.6 is 0 Å². The Hall–Kier alpha value is -1.96. The molecule has 0 fully saturated rings.